The molecule has 5 rings (SSSR count). The highest BCUT2D eigenvalue weighted by molar-refractivity contribution is 7.13. The Kier molecular flexibility index (Phi) is 9.51. The molecule has 2 N–H and O–H groups in total. The molecule has 42 heavy (non-hydrogen) atoms. The van der Waals surface area contributed by atoms with Gasteiger partial charge in [0.15, 0.2) is 0 Å². The molecule has 2 aliphatic heterocycles. The first kappa shape index (κ1) is 29.7. The number of halogens is 1. The first-order valence-electron chi connectivity index (χ1n) is 14.6. The van der Waals surface area contributed by atoms with Crippen LogP contribution in [-0.4, -0.2) is 60.4 Å². The van der Waals surface area contributed by atoms with Crippen LogP contribution in [0.5, 0.6) is 5.75 Å². The van der Waals surface area contributed by atoms with Gasteiger partial charge < -0.3 is 20.3 Å². The number of fused-ring (bicyclic) bond motifs is 1. The Bertz CT molecular complexity index is 1430. The van der Waals surface area contributed by atoms with E-state index in [9.17, 15) is 18.8 Å². The molecule has 0 bridgehead atoms. The largest absolute Gasteiger partial charge is 0.493 e. The summed E-state index contributed by atoms with van der Waals surface area (Å²) >= 11 is 1.33. The zero-order chi connectivity index (χ0) is 29.5. The average molecular weight is 593 g/mol. The molecule has 10 heteroatoms. The number of likely N-dealkylation sites (tertiary alicyclic amines) is 1. The van der Waals surface area contributed by atoms with Gasteiger partial charge in [0.1, 0.15) is 16.6 Å². The van der Waals surface area contributed by atoms with Crippen molar-refractivity contribution in [3.05, 3.63) is 70.5 Å². The highest BCUT2D eigenvalue weighted by Crippen LogP contribution is 2.37. The Hall–Kier alpha value is -3.79. The lowest BCUT2D eigenvalue weighted by atomic mass is 9.73. The van der Waals surface area contributed by atoms with Crippen LogP contribution >= 0.6 is 11.3 Å². The second kappa shape index (κ2) is 13.5. The summed E-state index contributed by atoms with van der Waals surface area (Å²) in [6.45, 7) is 4.31. The second-order valence-electron chi connectivity index (χ2n) is 11.1. The second-order valence-corrected chi connectivity index (χ2v) is 12.0. The van der Waals surface area contributed by atoms with Crippen molar-refractivity contribution in [3.63, 3.8) is 0 Å². The van der Waals surface area contributed by atoms with Crippen LogP contribution < -0.4 is 15.4 Å². The van der Waals surface area contributed by atoms with E-state index in [1.807, 2.05) is 24.0 Å². The third-order valence-corrected chi connectivity index (χ3v) is 9.08. The van der Waals surface area contributed by atoms with Gasteiger partial charge in [-0.25, -0.2) is 9.37 Å². The molecule has 0 saturated carbocycles. The van der Waals surface area contributed by atoms with Crippen LogP contribution in [0.15, 0.2) is 47.8 Å². The van der Waals surface area contributed by atoms with Crippen molar-refractivity contribution in [2.24, 2.45) is 5.41 Å². The molecule has 1 aromatic heterocycles. The fraction of sp³-hybridized carbons (Fsp3) is 0.438. The predicted molar refractivity (Wildman–Crippen MR) is 160 cm³/mol. The van der Waals surface area contributed by atoms with Gasteiger partial charge in [-0.3, -0.25) is 14.4 Å². The van der Waals surface area contributed by atoms with Gasteiger partial charge in [-0.15, -0.1) is 11.3 Å². The molecular weight excluding hydrogens is 555 g/mol. The van der Waals surface area contributed by atoms with Crippen molar-refractivity contribution < 1.29 is 23.5 Å². The molecule has 0 atom stereocenters. The molecule has 222 valence electrons. The third-order valence-electron chi connectivity index (χ3n) is 8.16. The molecule has 3 aromatic rings. The molecule has 8 nitrogen and oxygen atoms in total. The van der Waals surface area contributed by atoms with Gasteiger partial charge >= 0.3 is 0 Å². The zero-order valence-electron chi connectivity index (χ0n) is 23.9. The molecule has 3 heterocycles. The smallest absolute Gasteiger partial charge is 0.255 e. The van der Waals surface area contributed by atoms with E-state index < -0.39 is 5.41 Å². The quantitative estimate of drug-likeness (QED) is 0.450. The lowest BCUT2D eigenvalue weighted by Gasteiger charge is -2.41. The van der Waals surface area contributed by atoms with Crippen molar-refractivity contribution in [3.8, 4) is 16.3 Å². The number of hydrogen-bond acceptors (Lipinski definition) is 6. The topological polar surface area (TPSA) is 101 Å². The number of benzene rings is 2. The lowest BCUT2D eigenvalue weighted by Crippen LogP contribution is -2.50. The normalized spacial score (nSPS) is 18.2. The Balaban J connectivity index is 1.18. The van der Waals surface area contributed by atoms with E-state index in [2.05, 4.69) is 15.6 Å². The Labute approximate surface area is 249 Å². The Morgan fingerprint density at radius 2 is 1.81 bits per heavy atom. The van der Waals surface area contributed by atoms with Crippen LogP contribution in [0.25, 0.3) is 10.6 Å². The standard InChI is InChI=1S/C32H37FN4O4S/c1-22-9-10-25-27(19-22)41-18-6-15-35-31(40)32(11-4-5-14-34-29(25)39)12-16-37(17-13-32)28(38)20-23-21-42-30(36-23)24-7-2-3-8-26(24)33/h2-3,7-10,19,21H,4-6,11-18,20H2,1H3,(H,34,39)(H,35,40). The number of carbonyl (C=O) groups is 3. The van der Waals surface area contributed by atoms with Crippen LogP contribution in [0.3, 0.4) is 0 Å². The fourth-order valence-electron chi connectivity index (χ4n) is 5.65. The molecule has 3 amide bonds. The highest BCUT2D eigenvalue weighted by atomic mass is 32.1. The summed E-state index contributed by atoms with van der Waals surface area (Å²) in [4.78, 5) is 45.8. The molecular formula is C32H37FN4O4S. The number of rotatable bonds is 3. The number of carbonyl (C=O) groups excluding carboxylic acids is 3. The van der Waals surface area contributed by atoms with Crippen LogP contribution in [-0.2, 0) is 16.0 Å². The number of ether oxygens (including phenoxy) is 1. The van der Waals surface area contributed by atoms with Crippen LogP contribution in [0, 0.1) is 18.2 Å². The number of nitrogens with one attached hydrogen (secondary N) is 2. The number of piperidine rings is 1. The number of nitrogens with zero attached hydrogens (tertiary/aromatic N) is 2. The number of aryl methyl sites for hydroxylation is 1. The van der Waals surface area contributed by atoms with Crippen molar-refractivity contribution in [1.29, 1.82) is 0 Å². The van der Waals surface area contributed by atoms with Gasteiger partial charge in [0.25, 0.3) is 5.91 Å². The van der Waals surface area contributed by atoms with E-state index in [1.165, 1.54) is 17.4 Å². The number of aromatic nitrogens is 1. The minimum Gasteiger partial charge on any atom is -0.493 e. The minimum absolute atomic E-state index is 0.0266. The van der Waals surface area contributed by atoms with Crippen LogP contribution in [0.2, 0.25) is 0 Å². The number of amides is 3. The van der Waals surface area contributed by atoms with E-state index in [1.54, 1.807) is 29.6 Å². The maximum absolute atomic E-state index is 14.2. The zero-order valence-corrected chi connectivity index (χ0v) is 24.7. The molecule has 0 aliphatic carbocycles. The average Bonchev–Trinajstić information content (AvgIpc) is 3.44. The number of hydrogen-bond donors (Lipinski definition) is 2. The first-order valence-corrected chi connectivity index (χ1v) is 15.5. The van der Waals surface area contributed by atoms with Crippen molar-refractivity contribution in [2.75, 3.05) is 32.8 Å². The Morgan fingerprint density at radius 3 is 2.62 bits per heavy atom. The van der Waals surface area contributed by atoms with Crippen LogP contribution in [0.4, 0.5) is 4.39 Å². The fourth-order valence-corrected chi connectivity index (χ4v) is 6.50. The molecule has 0 unspecified atom stereocenters. The summed E-state index contributed by atoms with van der Waals surface area (Å²) in [5.41, 5.74) is 2.03. The van der Waals surface area contributed by atoms with Gasteiger partial charge in [0, 0.05) is 37.1 Å². The van der Waals surface area contributed by atoms with E-state index in [0.29, 0.717) is 86.0 Å². The van der Waals surface area contributed by atoms with E-state index in [0.717, 1.165) is 18.4 Å². The molecule has 1 fully saturated rings. The summed E-state index contributed by atoms with van der Waals surface area (Å²) < 4.78 is 20.1. The molecule has 2 aromatic carbocycles. The Morgan fingerprint density at radius 1 is 1.02 bits per heavy atom. The third kappa shape index (κ3) is 6.98. The van der Waals surface area contributed by atoms with E-state index in [-0.39, 0.29) is 30.0 Å². The lowest BCUT2D eigenvalue weighted by molar-refractivity contribution is -0.140. The molecule has 0 radical (unpaired) electrons. The van der Waals surface area contributed by atoms with Gasteiger partial charge in [-0.05, 0) is 68.9 Å². The van der Waals surface area contributed by atoms with Crippen molar-refractivity contribution in [2.45, 2.75) is 51.9 Å². The first-order chi connectivity index (χ1) is 20.3. The summed E-state index contributed by atoms with van der Waals surface area (Å²) in [7, 11) is 0. The van der Waals surface area contributed by atoms with Crippen molar-refractivity contribution >= 4 is 29.1 Å². The maximum atomic E-state index is 14.2. The van der Waals surface area contributed by atoms with Crippen LogP contribution in [0.1, 0.15) is 60.1 Å². The van der Waals surface area contributed by atoms with Gasteiger partial charge in [-0.1, -0.05) is 24.6 Å². The summed E-state index contributed by atoms with van der Waals surface area (Å²) in [5.74, 6) is 0.0551. The van der Waals surface area contributed by atoms with Gasteiger partial charge in [0.05, 0.1) is 29.7 Å². The SMILES string of the molecule is Cc1ccc2c(c1)OCCCNC(=O)C1(CCCCNC2=O)CCN(C(=O)Cc2csc(-c3ccccc3F)n2)CC1. The summed E-state index contributed by atoms with van der Waals surface area (Å²) in [6, 6.07) is 12.0. The number of thiazole rings is 1. The summed E-state index contributed by atoms with van der Waals surface area (Å²) in [6.07, 6.45) is 4.15. The minimum atomic E-state index is -0.555. The van der Waals surface area contributed by atoms with Crippen molar-refractivity contribution in [1.82, 2.24) is 20.5 Å². The molecule has 1 spiro atoms. The molecule has 2 aliphatic rings. The highest BCUT2D eigenvalue weighted by Gasteiger charge is 2.41. The maximum Gasteiger partial charge on any atom is 0.255 e. The van der Waals surface area contributed by atoms with E-state index in [4.69, 9.17) is 4.74 Å². The van der Waals surface area contributed by atoms with E-state index >= 15 is 0 Å². The van der Waals surface area contributed by atoms with Gasteiger partial charge in [0.2, 0.25) is 11.8 Å². The summed E-state index contributed by atoms with van der Waals surface area (Å²) in [5, 5.41) is 8.47. The predicted octanol–water partition coefficient (Wildman–Crippen LogP) is 4.91. The monoisotopic (exact) mass is 592 g/mol. The molecule has 1 saturated heterocycles. The van der Waals surface area contributed by atoms with Gasteiger partial charge in [-0.2, -0.15) is 0 Å².